The molecule has 13 nitrogen and oxygen atoms in total. The van der Waals surface area contributed by atoms with Crippen LogP contribution in [0.4, 0.5) is 0 Å². The van der Waals surface area contributed by atoms with Gasteiger partial charge in [0.05, 0.1) is 48.8 Å². The number of ketones is 1. The first-order chi connectivity index (χ1) is 27.3. The molecule has 2 bridgehead atoms. The number of carbonyl (C=O) groups excluding carboxylic acids is 3. The fourth-order valence-electron chi connectivity index (χ4n) is 8.22. The molecule has 0 fully saturated rings. The van der Waals surface area contributed by atoms with Gasteiger partial charge in [-0.25, -0.2) is 4.79 Å². The van der Waals surface area contributed by atoms with Crippen LogP contribution in [0.2, 0.25) is 0 Å². The molecule has 0 spiro atoms. The molecule has 15 atom stereocenters. The Hall–Kier alpha value is -2.75. The number of allylic oxidation sites excluding steroid dienone is 2. The smallest absolute Gasteiger partial charge is 0.331 e. The maximum absolute atomic E-state index is 13.4. The third-order valence-electron chi connectivity index (χ3n) is 12.4. The lowest BCUT2D eigenvalue weighted by atomic mass is 9.78. The van der Waals surface area contributed by atoms with Crippen LogP contribution in [0.3, 0.4) is 0 Å². The third-order valence-corrected chi connectivity index (χ3v) is 12.4. The van der Waals surface area contributed by atoms with E-state index in [1.54, 1.807) is 54.3 Å². The van der Waals surface area contributed by atoms with E-state index in [4.69, 9.17) is 28.4 Å². The van der Waals surface area contributed by atoms with Crippen LogP contribution in [0.1, 0.15) is 93.4 Å². The van der Waals surface area contributed by atoms with Crippen molar-refractivity contribution in [1.29, 1.82) is 0 Å². The molecule has 13 heteroatoms. The first-order valence-corrected chi connectivity index (χ1v) is 20.8. The molecule has 0 aromatic carbocycles. The number of amides is 1. The van der Waals surface area contributed by atoms with E-state index in [9.17, 15) is 29.7 Å². The van der Waals surface area contributed by atoms with Crippen LogP contribution in [-0.2, 0) is 42.8 Å². The lowest BCUT2D eigenvalue weighted by molar-refractivity contribution is -0.182. The average Bonchev–Trinajstić information content (AvgIpc) is 3.21. The van der Waals surface area contributed by atoms with E-state index in [1.807, 2.05) is 45.9 Å². The highest BCUT2D eigenvalue weighted by molar-refractivity contribution is 5.82. The maximum atomic E-state index is 13.4. The second-order valence-electron chi connectivity index (χ2n) is 16.8. The number of aliphatic hydroxyl groups is 3. The fourth-order valence-corrected chi connectivity index (χ4v) is 8.22. The Morgan fingerprint density at radius 3 is 2.29 bits per heavy atom. The van der Waals surface area contributed by atoms with Crippen LogP contribution < -0.4 is 0 Å². The number of aliphatic hydroxyl groups excluding tert-OH is 2. The van der Waals surface area contributed by atoms with Gasteiger partial charge in [-0.1, -0.05) is 70.6 Å². The lowest BCUT2D eigenvalue weighted by Crippen LogP contribution is -2.54. The summed E-state index contributed by atoms with van der Waals surface area (Å²) in [6.07, 6.45) is 10.3. The van der Waals surface area contributed by atoms with Crippen LogP contribution in [-0.4, -0.2) is 134 Å². The molecule has 0 aromatic rings. The van der Waals surface area contributed by atoms with Gasteiger partial charge in [-0.15, -0.1) is 0 Å². The molecular weight excluding hydrogens is 746 g/mol. The van der Waals surface area contributed by atoms with E-state index in [0.29, 0.717) is 38.5 Å². The topological polar surface area (TPSA) is 171 Å². The molecule has 0 unspecified atom stereocenters. The van der Waals surface area contributed by atoms with Crippen molar-refractivity contribution in [2.75, 3.05) is 35.5 Å². The first-order valence-electron chi connectivity index (χ1n) is 20.8. The molecule has 3 N–H and O–H groups in total. The second-order valence-corrected chi connectivity index (χ2v) is 16.8. The minimum Gasteiger partial charge on any atom is -0.458 e. The average molecular weight is 822 g/mol. The molecule has 2 heterocycles. The molecule has 0 aromatic heterocycles. The summed E-state index contributed by atoms with van der Waals surface area (Å²) in [5.74, 6) is -3.01. The number of cyclic esters (lactones) is 1. The van der Waals surface area contributed by atoms with Crippen LogP contribution in [0.15, 0.2) is 48.2 Å². The number of rotatable bonds is 16. The van der Waals surface area contributed by atoms with Crippen molar-refractivity contribution in [3.63, 3.8) is 0 Å². The van der Waals surface area contributed by atoms with Crippen molar-refractivity contribution in [2.45, 2.75) is 154 Å². The predicted octanol–water partition coefficient (Wildman–Crippen LogP) is 5.35. The Balaban J connectivity index is 2.38. The summed E-state index contributed by atoms with van der Waals surface area (Å²) in [6, 6.07) is 0. The SMILES string of the molecule is CO[C@H]1C/C=C(C)/C=C/C(=O)O[C@H]([C@@H](C)[C@@H](O)[C@@H](C)CCC(=O)[C@H](C)[C@H](OC)[C@H](C)/C=C/N(C)C=O)[C@@H](C)[C@H](O)C[C@H](OC)[C@@](C)(O)[C@@H](OC)C[C@@H]2CC=C[C@@H](C1)O2. The summed E-state index contributed by atoms with van der Waals surface area (Å²) in [6.45, 7) is 12.6. The van der Waals surface area contributed by atoms with Gasteiger partial charge in [0.15, 0.2) is 0 Å². The van der Waals surface area contributed by atoms with Gasteiger partial charge in [-0.3, -0.25) is 9.59 Å². The monoisotopic (exact) mass is 822 g/mol. The Kier molecular flexibility index (Phi) is 22.3. The standard InChI is InChI=1S/C45H75NO12/c1-28-16-19-34(53-9)24-35-14-13-15-36(57-35)25-39(54-10)45(7,52)40(55-11)26-38(49)32(5)44(58-41(50)21-17-28)33(6)42(51)29(2)18-20-37(48)31(4)43(56-12)30(3)22-23-46(8)27-47/h13-14,16-17,21-23,27,29-36,38-40,42-44,49,51-52H,15,18-20,24-26H2,1-12H3/b21-17+,23-22+,28-16+/t29-,30+,31-,32-,33-,34-,35-,36-,38+,39-,40-,42-,43+,44-,45-/m0/s1. The molecule has 1 amide bonds. The summed E-state index contributed by atoms with van der Waals surface area (Å²) < 4.78 is 35.7. The summed E-state index contributed by atoms with van der Waals surface area (Å²) >= 11 is 0. The maximum Gasteiger partial charge on any atom is 0.331 e. The molecule has 0 radical (unpaired) electrons. The van der Waals surface area contributed by atoms with Crippen LogP contribution in [0.25, 0.3) is 0 Å². The molecule has 2 aliphatic rings. The van der Waals surface area contributed by atoms with Gasteiger partial charge in [0, 0.05) is 97.1 Å². The quantitative estimate of drug-likeness (QED) is 0.104. The van der Waals surface area contributed by atoms with Crippen LogP contribution >= 0.6 is 0 Å². The lowest BCUT2D eigenvalue weighted by Gasteiger charge is -2.42. The Morgan fingerprint density at radius 1 is 1.03 bits per heavy atom. The van der Waals surface area contributed by atoms with Gasteiger partial charge in [-0.2, -0.15) is 0 Å². The van der Waals surface area contributed by atoms with E-state index in [1.165, 1.54) is 25.2 Å². The normalized spacial score (nSPS) is 34.1. The van der Waals surface area contributed by atoms with E-state index in [0.717, 1.165) is 5.57 Å². The van der Waals surface area contributed by atoms with Gasteiger partial charge >= 0.3 is 5.97 Å². The molecule has 2 rings (SSSR count). The van der Waals surface area contributed by atoms with Crippen molar-refractivity contribution < 1.29 is 58.1 Å². The zero-order valence-electron chi connectivity index (χ0n) is 37.1. The Bertz CT molecular complexity index is 1380. The molecule has 332 valence electrons. The predicted molar refractivity (Wildman–Crippen MR) is 223 cm³/mol. The zero-order valence-corrected chi connectivity index (χ0v) is 37.1. The van der Waals surface area contributed by atoms with Gasteiger partial charge < -0.3 is 48.6 Å². The summed E-state index contributed by atoms with van der Waals surface area (Å²) in [5.41, 5.74) is -0.721. The highest BCUT2D eigenvalue weighted by atomic mass is 16.5. The number of hydrogen-bond donors (Lipinski definition) is 3. The molecule has 0 saturated carbocycles. The van der Waals surface area contributed by atoms with Gasteiger partial charge in [0.2, 0.25) is 6.41 Å². The van der Waals surface area contributed by atoms with E-state index in [2.05, 4.69) is 6.08 Å². The van der Waals surface area contributed by atoms with E-state index in [-0.39, 0.29) is 48.8 Å². The molecule has 0 aliphatic carbocycles. The third kappa shape index (κ3) is 15.4. The Morgan fingerprint density at radius 2 is 1.69 bits per heavy atom. The number of methoxy groups -OCH3 is 4. The van der Waals surface area contributed by atoms with Crippen molar-refractivity contribution in [2.24, 2.45) is 29.6 Å². The largest absolute Gasteiger partial charge is 0.458 e. The fraction of sp³-hybridized carbons (Fsp3) is 0.756. The summed E-state index contributed by atoms with van der Waals surface area (Å²) in [4.78, 5) is 39.2. The number of hydrogen-bond acceptors (Lipinski definition) is 12. The number of Topliss-reactive ketones (excluding diaryl/α,β-unsaturated/α-hetero) is 1. The minimum atomic E-state index is -1.55. The first kappa shape index (κ1) is 51.4. The number of nitrogens with zero attached hydrogens (tertiary/aromatic N) is 1. The van der Waals surface area contributed by atoms with Crippen LogP contribution in [0, 0.1) is 29.6 Å². The van der Waals surface area contributed by atoms with Crippen molar-refractivity contribution in [1.82, 2.24) is 4.90 Å². The van der Waals surface area contributed by atoms with Crippen molar-refractivity contribution >= 4 is 18.2 Å². The molecular formula is C45H75NO12. The van der Waals surface area contributed by atoms with Gasteiger partial charge in [-0.05, 0) is 39.0 Å². The van der Waals surface area contributed by atoms with Crippen molar-refractivity contribution in [3.05, 3.63) is 48.2 Å². The zero-order chi connectivity index (χ0) is 43.7. The summed E-state index contributed by atoms with van der Waals surface area (Å²) in [5, 5.41) is 35.5. The summed E-state index contributed by atoms with van der Waals surface area (Å²) in [7, 11) is 7.84. The minimum absolute atomic E-state index is 0.0235. The van der Waals surface area contributed by atoms with Gasteiger partial charge in [0.1, 0.15) is 17.5 Å². The highest BCUT2D eigenvalue weighted by Gasteiger charge is 2.45. The molecule has 0 saturated heterocycles. The van der Waals surface area contributed by atoms with Crippen molar-refractivity contribution in [3.8, 4) is 0 Å². The van der Waals surface area contributed by atoms with E-state index >= 15 is 0 Å². The second kappa shape index (κ2) is 25.1. The number of esters is 1. The van der Waals surface area contributed by atoms with E-state index < -0.39 is 65.9 Å². The Labute approximate surface area is 347 Å². The number of ether oxygens (including phenoxy) is 6. The molecule has 58 heavy (non-hydrogen) atoms. The van der Waals surface area contributed by atoms with Crippen LogP contribution in [0.5, 0.6) is 0 Å². The van der Waals surface area contributed by atoms with Gasteiger partial charge in [0.25, 0.3) is 0 Å². The number of fused-ring (bicyclic) bond motifs is 2. The molecule has 2 aliphatic heterocycles. The number of carbonyl (C=O) groups is 3. The highest BCUT2D eigenvalue weighted by Crippen LogP contribution is 2.34.